The topological polar surface area (TPSA) is 64.6 Å². The predicted octanol–water partition coefficient (Wildman–Crippen LogP) is 4.09. The fourth-order valence-corrected chi connectivity index (χ4v) is 3.16. The summed E-state index contributed by atoms with van der Waals surface area (Å²) in [6.45, 7) is 1.42. The maximum atomic E-state index is 12.1. The standard InChI is InChI=1S/C20H19Cl2NO4/c21-15-3-1-14(2-4-15)17(24)5-6-19(25)23-8-7-13-11-16(22)20-18(12-13)26-9-10-27-20/h1-4,11-12H,5-10H2,(H,23,25). The zero-order chi connectivity index (χ0) is 19.2. The fraction of sp³-hybridized carbons (Fsp3) is 0.300. The lowest BCUT2D eigenvalue weighted by Crippen LogP contribution is -2.26. The van der Waals surface area contributed by atoms with Crippen LogP contribution in [0.4, 0.5) is 0 Å². The first kappa shape index (κ1) is 19.5. The molecular weight excluding hydrogens is 389 g/mol. The Kier molecular flexibility index (Phi) is 6.58. The van der Waals surface area contributed by atoms with E-state index in [2.05, 4.69) is 5.32 Å². The Morgan fingerprint density at radius 3 is 2.52 bits per heavy atom. The second kappa shape index (κ2) is 9.11. The molecule has 1 N–H and O–H groups in total. The van der Waals surface area contributed by atoms with Gasteiger partial charge in [0.05, 0.1) is 5.02 Å². The summed E-state index contributed by atoms with van der Waals surface area (Å²) in [6, 6.07) is 10.3. The first-order valence-electron chi connectivity index (χ1n) is 8.66. The highest BCUT2D eigenvalue weighted by Crippen LogP contribution is 2.38. The number of ketones is 1. The molecule has 142 valence electrons. The molecule has 1 aliphatic heterocycles. The summed E-state index contributed by atoms with van der Waals surface area (Å²) in [4.78, 5) is 24.0. The number of benzene rings is 2. The van der Waals surface area contributed by atoms with Gasteiger partial charge in [0.25, 0.3) is 0 Å². The minimum absolute atomic E-state index is 0.0829. The number of rotatable bonds is 7. The lowest BCUT2D eigenvalue weighted by atomic mass is 10.1. The zero-order valence-electron chi connectivity index (χ0n) is 14.6. The first-order chi connectivity index (χ1) is 13.0. The molecule has 0 fully saturated rings. The van der Waals surface area contributed by atoms with Crippen LogP contribution in [0.1, 0.15) is 28.8 Å². The van der Waals surface area contributed by atoms with E-state index in [0.717, 1.165) is 5.56 Å². The number of hydrogen-bond acceptors (Lipinski definition) is 4. The molecule has 5 nitrogen and oxygen atoms in total. The number of halogens is 2. The van der Waals surface area contributed by atoms with E-state index in [4.69, 9.17) is 32.7 Å². The molecule has 0 saturated heterocycles. The molecule has 0 atom stereocenters. The molecule has 0 saturated carbocycles. The summed E-state index contributed by atoms with van der Waals surface area (Å²) in [5.74, 6) is 0.946. The van der Waals surface area contributed by atoms with Crippen molar-refractivity contribution in [2.24, 2.45) is 0 Å². The van der Waals surface area contributed by atoms with Crippen LogP contribution in [0.25, 0.3) is 0 Å². The predicted molar refractivity (Wildman–Crippen MR) is 104 cm³/mol. The number of nitrogens with one attached hydrogen (secondary N) is 1. The molecule has 0 bridgehead atoms. The van der Waals surface area contributed by atoms with Crippen LogP contribution in [-0.4, -0.2) is 31.4 Å². The quantitative estimate of drug-likeness (QED) is 0.702. The molecule has 0 aliphatic carbocycles. The maximum absolute atomic E-state index is 12.1. The van der Waals surface area contributed by atoms with Gasteiger partial charge >= 0.3 is 0 Å². The van der Waals surface area contributed by atoms with E-state index in [9.17, 15) is 9.59 Å². The van der Waals surface area contributed by atoms with E-state index in [1.807, 2.05) is 12.1 Å². The van der Waals surface area contributed by atoms with Crippen molar-refractivity contribution >= 4 is 34.9 Å². The third-order valence-corrected chi connectivity index (χ3v) is 4.67. The van der Waals surface area contributed by atoms with Gasteiger partial charge in [-0.2, -0.15) is 0 Å². The van der Waals surface area contributed by atoms with Crippen molar-refractivity contribution in [1.29, 1.82) is 0 Å². The summed E-state index contributed by atoms with van der Waals surface area (Å²) in [6.07, 6.45) is 0.903. The highest BCUT2D eigenvalue weighted by Gasteiger charge is 2.16. The summed E-state index contributed by atoms with van der Waals surface area (Å²) in [5, 5.41) is 3.89. The van der Waals surface area contributed by atoms with Gasteiger partial charge in [-0.15, -0.1) is 0 Å². The highest BCUT2D eigenvalue weighted by molar-refractivity contribution is 6.32. The molecule has 0 radical (unpaired) electrons. The van der Waals surface area contributed by atoms with Crippen LogP contribution in [0.3, 0.4) is 0 Å². The van der Waals surface area contributed by atoms with Gasteiger partial charge in [0.15, 0.2) is 17.3 Å². The summed E-state index contributed by atoms with van der Waals surface area (Å²) < 4.78 is 11.0. The van der Waals surface area contributed by atoms with Gasteiger partial charge in [0.1, 0.15) is 13.2 Å². The number of ether oxygens (including phenoxy) is 2. The Bertz CT molecular complexity index is 837. The minimum Gasteiger partial charge on any atom is -0.486 e. The molecule has 2 aromatic rings. The second-order valence-corrected chi connectivity index (χ2v) is 6.98. The molecule has 7 heteroatoms. The van der Waals surface area contributed by atoms with Crippen LogP contribution in [0.2, 0.25) is 10.0 Å². The zero-order valence-corrected chi connectivity index (χ0v) is 16.1. The van der Waals surface area contributed by atoms with Gasteiger partial charge in [0, 0.05) is 30.0 Å². The van der Waals surface area contributed by atoms with E-state index in [1.54, 1.807) is 24.3 Å². The fourth-order valence-electron chi connectivity index (χ4n) is 2.75. The maximum Gasteiger partial charge on any atom is 0.220 e. The van der Waals surface area contributed by atoms with E-state index in [1.165, 1.54) is 0 Å². The molecule has 0 aromatic heterocycles. The van der Waals surface area contributed by atoms with Gasteiger partial charge in [-0.05, 0) is 48.4 Å². The average molecular weight is 408 g/mol. The third-order valence-electron chi connectivity index (χ3n) is 4.14. The Morgan fingerprint density at radius 1 is 1.00 bits per heavy atom. The number of hydrogen-bond donors (Lipinski definition) is 1. The van der Waals surface area contributed by atoms with Crippen molar-refractivity contribution in [1.82, 2.24) is 5.32 Å². The Hall–Kier alpha value is -2.24. The van der Waals surface area contributed by atoms with Crippen LogP contribution in [-0.2, 0) is 11.2 Å². The number of amides is 1. The van der Waals surface area contributed by atoms with E-state index in [0.29, 0.717) is 53.3 Å². The van der Waals surface area contributed by atoms with Gasteiger partial charge in [-0.3, -0.25) is 9.59 Å². The van der Waals surface area contributed by atoms with Crippen LogP contribution in [0.5, 0.6) is 11.5 Å². The van der Waals surface area contributed by atoms with E-state index >= 15 is 0 Å². The Labute approximate surface area is 167 Å². The monoisotopic (exact) mass is 407 g/mol. The molecule has 3 rings (SSSR count). The smallest absolute Gasteiger partial charge is 0.220 e. The van der Waals surface area contributed by atoms with Crippen molar-refractivity contribution in [2.45, 2.75) is 19.3 Å². The summed E-state index contributed by atoms with van der Waals surface area (Å²) in [5.41, 5.74) is 1.50. The van der Waals surface area contributed by atoms with Crippen molar-refractivity contribution < 1.29 is 19.1 Å². The largest absolute Gasteiger partial charge is 0.486 e. The summed E-state index contributed by atoms with van der Waals surface area (Å²) >= 11 is 12.0. The Morgan fingerprint density at radius 2 is 1.74 bits per heavy atom. The lowest BCUT2D eigenvalue weighted by Gasteiger charge is -2.20. The van der Waals surface area contributed by atoms with Gasteiger partial charge < -0.3 is 14.8 Å². The van der Waals surface area contributed by atoms with Gasteiger partial charge in [-0.25, -0.2) is 0 Å². The van der Waals surface area contributed by atoms with Crippen molar-refractivity contribution in [2.75, 3.05) is 19.8 Å². The Balaban J connectivity index is 1.44. The highest BCUT2D eigenvalue weighted by atomic mass is 35.5. The molecule has 2 aromatic carbocycles. The second-order valence-electron chi connectivity index (χ2n) is 6.13. The third kappa shape index (κ3) is 5.37. The molecule has 27 heavy (non-hydrogen) atoms. The summed E-state index contributed by atoms with van der Waals surface area (Å²) in [7, 11) is 0. The minimum atomic E-state index is -0.166. The molecule has 0 unspecified atom stereocenters. The first-order valence-corrected chi connectivity index (χ1v) is 9.42. The molecule has 1 amide bonds. The number of carbonyl (C=O) groups is 2. The van der Waals surface area contributed by atoms with Crippen molar-refractivity contribution in [3.8, 4) is 11.5 Å². The molecule has 0 spiro atoms. The van der Waals surface area contributed by atoms with Crippen molar-refractivity contribution in [3.63, 3.8) is 0 Å². The number of Topliss-reactive ketones (excluding diaryl/α,β-unsaturated/α-hetero) is 1. The lowest BCUT2D eigenvalue weighted by molar-refractivity contribution is -0.121. The molecule has 1 aliphatic rings. The van der Waals surface area contributed by atoms with Crippen LogP contribution in [0.15, 0.2) is 36.4 Å². The number of fused-ring (bicyclic) bond motifs is 1. The van der Waals surface area contributed by atoms with Crippen LogP contribution in [0, 0.1) is 0 Å². The van der Waals surface area contributed by atoms with Crippen molar-refractivity contribution in [3.05, 3.63) is 57.6 Å². The normalized spacial score (nSPS) is 12.5. The van der Waals surface area contributed by atoms with Crippen LogP contribution < -0.4 is 14.8 Å². The van der Waals surface area contributed by atoms with E-state index in [-0.39, 0.29) is 24.5 Å². The van der Waals surface area contributed by atoms with Gasteiger partial charge in [-0.1, -0.05) is 23.2 Å². The van der Waals surface area contributed by atoms with Crippen LogP contribution >= 0.6 is 23.2 Å². The SMILES string of the molecule is O=C(CCC(=O)c1ccc(Cl)cc1)NCCc1cc(Cl)c2c(c1)OCCO2. The molecule has 1 heterocycles. The number of carbonyl (C=O) groups excluding carboxylic acids is 2. The average Bonchev–Trinajstić information content (AvgIpc) is 2.67. The van der Waals surface area contributed by atoms with Gasteiger partial charge in [0.2, 0.25) is 5.91 Å². The van der Waals surface area contributed by atoms with E-state index < -0.39 is 0 Å². The molecular formula is C20H19Cl2NO4.